The summed E-state index contributed by atoms with van der Waals surface area (Å²) in [6.07, 6.45) is 2.08. The van der Waals surface area contributed by atoms with E-state index in [0.717, 1.165) is 39.0 Å². The third kappa shape index (κ3) is 5.18. The molecule has 4 nitrogen and oxygen atoms in total. The number of carbonyl (C=O) groups is 1. The van der Waals surface area contributed by atoms with Crippen LogP contribution in [-0.2, 0) is 11.3 Å². The fourth-order valence-corrected chi connectivity index (χ4v) is 4.11. The van der Waals surface area contributed by atoms with Gasteiger partial charge < -0.3 is 5.11 Å². The summed E-state index contributed by atoms with van der Waals surface area (Å²) in [5.74, 6) is -0.729. The van der Waals surface area contributed by atoms with Gasteiger partial charge in [-0.25, -0.2) is 0 Å². The third-order valence-electron chi connectivity index (χ3n) is 5.61. The zero-order valence-electron chi connectivity index (χ0n) is 16.4. The highest BCUT2D eigenvalue weighted by Gasteiger charge is 2.25. The largest absolute Gasteiger partial charge is 0.480 e. The molecule has 1 N–H and O–H groups in total. The average molecular weight is 367 g/mol. The number of carboxylic acid groups (broad SMARTS) is 1. The van der Waals surface area contributed by atoms with Gasteiger partial charge in [0, 0.05) is 12.6 Å². The van der Waals surface area contributed by atoms with Crippen LogP contribution in [-0.4, -0.2) is 53.1 Å². The van der Waals surface area contributed by atoms with Crippen LogP contribution in [0, 0.1) is 6.92 Å². The van der Waals surface area contributed by atoms with Gasteiger partial charge in [-0.1, -0.05) is 49.4 Å². The first-order valence-corrected chi connectivity index (χ1v) is 9.90. The predicted molar refractivity (Wildman–Crippen MR) is 110 cm³/mol. The van der Waals surface area contributed by atoms with Gasteiger partial charge in [0.05, 0.1) is 6.54 Å². The van der Waals surface area contributed by atoms with E-state index in [0.29, 0.717) is 6.04 Å². The molecule has 1 fully saturated rings. The van der Waals surface area contributed by atoms with Crippen LogP contribution in [0.1, 0.15) is 30.9 Å². The molecule has 1 aliphatic heterocycles. The van der Waals surface area contributed by atoms with Gasteiger partial charge in [-0.3, -0.25) is 14.6 Å². The molecular formula is C23H30N2O2. The first-order valence-electron chi connectivity index (χ1n) is 9.90. The van der Waals surface area contributed by atoms with Gasteiger partial charge >= 0.3 is 5.97 Å². The van der Waals surface area contributed by atoms with Crippen LogP contribution < -0.4 is 0 Å². The Labute approximate surface area is 162 Å². The predicted octanol–water partition coefficient (Wildman–Crippen LogP) is 4.03. The van der Waals surface area contributed by atoms with E-state index < -0.39 is 5.97 Å². The van der Waals surface area contributed by atoms with Crippen molar-refractivity contribution < 1.29 is 9.90 Å². The lowest BCUT2D eigenvalue weighted by atomic mass is 9.98. The van der Waals surface area contributed by atoms with Crippen molar-refractivity contribution in [2.75, 3.05) is 26.2 Å². The maximum Gasteiger partial charge on any atom is 0.317 e. The Bertz CT molecular complexity index is 766. The van der Waals surface area contributed by atoms with E-state index in [9.17, 15) is 4.79 Å². The molecular weight excluding hydrogens is 336 g/mol. The van der Waals surface area contributed by atoms with Crippen LogP contribution in [0.5, 0.6) is 0 Å². The molecule has 3 rings (SSSR count). The Morgan fingerprint density at radius 1 is 1.15 bits per heavy atom. The lowest BCUT2D eigenvalue weighted by Gasteiger charge is -2.37. The van der Waals surface area contributed by atoms with E-state index in [1.807, 2.05) is 6.92 Å². The Balaban J connectivity index is 1.60. The zero-order valence-corrected chi connectivity index (χ0v) is 16.4. The monoisotopic (exact) mass is 366 g/mol. The minimum atomic E-state index is -0.729. The van der Waals surface area contributed by atoms with Crippen molar-refractivity contribution in [3.8, 4) is 11.1 Å². The molecule has 0 amide bonds. The van der Waals surface area contributed by atoms with Gasteiger partial charge in [0.15, 0.2) is 0 Å². The third-order valence-corrected chi connectivity index (χ3v) is 5.61. The second-order valence-electron chi connectivity index (χ2n) is 7.48. The summed E-state index contributed by atoms with van der Waals surface area (Å²) in [4.78, 5) is 15.6. The van der Waals surface area contributed by atoms with Gasteiger partial charge in [0.1, 0.15) is 0 Å². The zero-order chi connectivity index (χ0) is 19.2. The number of likely N-dealkylation sites (tertiary alicyclic amines) is 1. The summed E-state index contributed by atoms with van der Waals surface area (Å²) in [5, 5.41) is 9.08. The number of hydrogen-bond donors (Lipinski definition) is 1. The quantitative estimate of drug-likeness (QED) is 0.803. The number of aryl methyl sites for hydroxylation is 1. The number of aliphatic carboxylic acids is 1. The maximum atomic E-state index is 11.0. The maximum absolute atomic E-state index is 11.0. The van der Waals surface area contributed by atoms with Crippen LogP contribution in [0.15, 0.2) is 48.5 Å². The van der Waals surface area contributed by atoms with E-state index in [4.69, 9.17) is 5.11 Å². The smallest absolute Gasteiger partial charge is 0.317 e. The van der Waals surface area contributed by atoms with Crippen molar-refractivity contribution in [1.82, 2.24) is 9.80 Å². The number of nitrogens with zero attached hydrogens (tertiary/aromatic N) is 2. The molecule has 2 aromatic carbocycles. The molecule has 0 atom stereocenters. The minimum Gasteiger partial charge on any atom is -0.480 e. The Hall–Kier alpha value is -2.17. The molecule has 0 unspecified atom stereocenters. The van der Waals surface area contributed by atoms with Crippen LogP contribution in [0.3, 0.4) is 0 Å². The summed E-state index contributed by atoms with van der Waals surface area (Å²) < 4.78 is 0. The minimum absolute atomic E-state index is 0.152. The van der Waals surface area contributed by atoms with E-state index >= 15 is 0 Å². The highest BCUT2D eigenvalue weighted by atomic mass is 16.4. The molecule has 2 aromatic rings. The molecule has 0 aliphatic carbocycles. The summed E-state index contributed by atoms with van der Waals surface area (Å²) in [5.41, 5.74) is 5.21. The molecule has 1 heterocycles. The Kier molecular flexibility index (Phi) is 6.64. The molecule has 0 radical (unpaired) electrons. The van der Waals surface area contributed by atoms with Gasteiger partial charge in [-0.05, 0) is 67.7 Å². The topological polar surface area (TPSA) is 43.8 Å². The van der Waals surface area contributed by atoms with Crippen molar-refractivity contribution in [3.63, 3.8) is 0 Å². The second-order valence-corrected chi connectivity index (χ2v) is 7.48. The van der Waals surface area contributed by atoms with Crippen molar-refractivity contribution in [2.45, 2.75) is 39.3 Å². The van der Waals surface area contributed by atoms with Crippen LogP contribution in [0.2, 0.25) is 0 Å². The Morgan fingerprint density at radius 3 is 2.56 bits per heavy atom. The molecule has 1 saturated heterocycles. The van der Waals surface area contributed by atoms with Gasteiger partial charge in [0.2, 0.25) is 0 Å². The Morgan fingerprint density at radius 2 is 1.89 bits per heavy atom. The summed E-state index contributed by atoms with van der Waals surface area (Å²) in [6, 6.07) is 17.7. The summed E-state index contributed by atoms with van der Waals surface area (Å²) >= 11 is 0. The van der Waals surface area contributed by atoms with Crippen LogP contribution in [0.25, 0.3) is 11.1 Å². The van der Waals surface area contributed by atoms with Crippen molar-refractivity contribution in [3.05, 3.63) is 59.7 Å². The molecule has 0 aromatic heterocycles. The van der Waals surface area contributed by atoms with Gasteiger partial charge in [0.25, 0.3) is 0 Å². The number of hydrogen-bond acceptors (Lipinski definition) is 3. The molecule has 27 heavy (non-hydrogen) atoms. The standard InChI is InChI=1S/C23H30N2O2/c1-3-25(17-23(26)27)21-11-13-24(14-12-21)16-19-8-6-9-20(15-19)22-10-5-4-7-18(22)2/h4-10,15,21H,3,11-14,16-17H2,1-2H3,(H,26,27). The molecule has 4 heteroatoms. The van der Waals surface area contributed by atoms with Gasteiger partial charge in [-0.15, -0.1) is 0 Å². The lowest BCUT2D eigenvalue weighted by Crippen LogP contribution is -2.46. The highest BCUT2D eigenvalue weighted by molar-refractivity contribution is 5.69. The van der Waals surface area contributed by atoms with Crippen LogP contribution in [0.4, 0.5) is 0 Å². The first kappa shape index (κ1) is 19.6. The molecule has 1 aliphatic rings. The number of likely N-dealkylation sites (N-methyl/N-ethyl adjacent to an activating group) is 1. The second kappa shape index (κ2) is 9.16. The summed E-state index contributed by atoms with van der Waals surface area (Å²) in [7, 11) is 0. The number of rotatable bonds is 7. The molecule has 0 saturated carbocycles. The summed E-state index contributed by atoms with van der Waals surface area (Å²) in [6.45, 7) is 8.16. The van der Waals surface area contributed by atoms with E-state index in [1.165, 1.54) is 22.3 Å². The fraction of sp³-hybridized carbons (Fsp3) is 0.435. The fourth-order valence-electron chi connectivity index (χ4n) is 4.11. The molecule has 144 valence electrons. The lowest BCUT2D eigenvalue weighted by molar-refractivity contribution is -0.139. The molecule has 0 spiro atoms. The number of benzene rings is 2. The number of piperidine rings is 1. The van der Waals surface area contributed by atoms with Crippen molar-refractivity contribution in [2.24, 2.45) is 0 Å². The van der Waals surface area contributed by atoms with E-state index in [2.05, 4.69) is 65.3 Å². The van der Waals surface area contributed by atoms with E-state index in [1.54, 1.807) is 0 Å². The average Bonchev–Trinajstić information content (AvgIpc) is 2.67. The normalized spacial score (nSPS) is 16.0. The van der Waals surface area contributed by atoms with Crippen LogP contribution >= 0.6 is 0 Å². The van der Waals surface area contributed by atoms with Crippen molar-refractivity contribution in [1.29, 1.82) is 0 Å². The highest BCUT2D eigenvalue weighted by Crippen LogP contribution is 2.25. The van der Waals surface area contributed by atoms with E-state index in [-0.39, 0.29) is 6.54 Å². The number of carboxylic acids is 1. The molecule has 0 bridgehead atoms. The SMILES string of the molecule is CCN(CC(=O)O)C1CCN(Cc2cccc(-c3ccccc3C)c2)CC1. The van der Waals surface area contributed by atoms with Gasteiger partial charge in [-0.2, -0.15) is 0 Å². The van der Waals surface area contributed by atoms with Crippen molar-refractivity contribution >= 4 is 5.97 Å². The first-order chi connectivity index (χ1) is 13.1.